The topological polar surface area (TPSA) is 54.2 Å². The highest BCUT2D eigenvalue weighted by molar-refractivity contribution is 7.15. The summed E-state index contributed by atoms with van der Waals surface area (Å²) in [7, 11) is 0. The van der Waals surface area contributed by atoms with E-state index in [1.165, 1.54) is 40.8 Å². The molecule has 2 aromatic heterocycles. The van der Waals surface area contributed by atoms with Gasteiger partial charge in [0, 0.05) is 40.5 Å². The van der Waals surface area contributed by atoms with Crippen LogP contribution in [0.15, 0.2) is 61.2 Å². The van der Waals surface area contributed by atoms with Crippen LogP contribution in [0.4, 0.5) is 22.0 Å². The van der Waals surface area contributed by atoms with Crippen molar-refractivity contribution >= 4 is 11.3 Å². The highest BCUT2D eigenvalue weighted by Crippen LogP contribution is 2.40. The van der Waals surface area contributed by atoms with Crippen LogP contribution in [0.25, 0.3) is 10.4 Å². The molecule has 0 saturated carbocycles. The molecule has 2 aromatic carbocycles. The molecule has 3 heterocycles. The average molecular weight is 535 g/mol. The minimum atomic E-state index is -4.43. The van der Waals surface area contributed by atoms with Crippen LogP contribution in [-0.4, -0.2) is 37.4 Å². The second kappa shape index (κ2) is 9.62. The van der Waals surface area contributed by atoms with Gasteiger partial charge in [0.25, 0.3) is 0 Å². The van der Waals surface area contributed by atoms with Gasteiger partial charge in [-0.2, -0.15) is 18.3 Å². The summed E-state index contributed by atoms with van der Waals surface area (Å²) >= 11 is 1.45. The Morgan fingerprint density at radius 2 is 1.92 bits per heavy atom. The summed E-state index contributed by atoms with van der Waals surface area (Å²) in [6.45, 7) is 2.61. The van der Waals surface area contributed by atoms with Crippen molar-refractivity contribution in [2.24, 2.45) is 0 Å². The molecular formula is C26H23F5N4OS. The van der Waals surface area contributed by atoms with E-state index in [-0.39, 0.29) is 12.1 Å². The summed E-state index contributed by atoms with van der Waals surface area (Å²) in [6, 6.07) is 9.58. The normalized spacial score (nSPS) is 16.8. The lowest BCUT2D eigenvalue weighted by Gasteiger charge is -2.42. The first kappa shape index (κ1) is 25.5. The number of fused-ring (bicyclic) bond motifs is 1. The number of hydrogen-bond acceptors (Lipinski definition) is 5. The zero-order valence-corrected chi connectivity index (χ0v) is 20.5. The number of halogens is 5. The first-order valence-electron chi connectivity index (χ1n) is 11.6. The third kappa shape index (κ3) is 5.03. The Kier molecular flexibility index (Phi) is 6.63. The van der Waals surface area contributed by atoms with Crippen LogP contribution in [0.3, 0.4) is 0 Å². The second-order valence-electron chi connectivity index (χ2n) is 9.18. The molecule has 1 N–H and O–H groups in total. The molecule has 0 saturated heterocycles. The smallest absolute Gasteiger partial charge is 0.381 e. The minimum Gasteiger partial charge on any atom is -0.381 e. The van der Waals surface area contributed by atoms with Crippen molar-refractivity contribution in [2.75, 3.05) is 6.54 Å². The van der Waals surface area contributed by atoms with Gasteiger partial charge < -0.3 is 5.11 Å². The highest BCUT2D eigenvalue weighted by Gasteiger charge is 2.43. The molecule has 37 heavy (non-hydrogen) atoms. The van der Waals surface area contributed by atoms with Gasteiger partial charge in [-0.25, -0.2) is 18.4 Å². The number of hydrogen-bond donors (Lipinski definition) is 1. The van der Waals surface area contributed by atoms with Gasteiger partial charge in [-0.15, -0.1) is 11.3 Å². The standard InChI is InChI=1S/C26H23F5N4OS/c1-16(25(36,13-35-15-32-14-33-35)21-6-5-20(27)11-22(21)28)34-8-7-23-18(12-34)10-24(37-23)17-3-2-4-19(9-17)26(29,30)31/h2-6,9-11,14-16,36H,7-8,12-13H2,1H3/t16-,25-/m1/s1. The van der Waals surface area contributed by atoms with Gasteiger partial charge in [0.2, 0.25) is 0 Å². The lowest BCUT2D eigenvalue weighted by Crippen LogP contribution is -2.53. The first-order valence-corrected chi connectivity index (χ1v) is 12.4. The summed E-state index contributed by atoms with van der Waals surface area (Å²) in [5.41, 5.74) is -1.10. The minimum absolute atomic E-state index is 0.0577. The quantitative estimate of drug-likeness (QED) is 0.326. The second-order valence-corrected chi connectivity index (χ2v) is 10.3. The Morgan fingerprint density at radius 3 is 2.62 bits per heavy atom. The summed E-state index contributed by atoms with van der Waals surface area (Å²) in [6.07, 6.45) is -1.09. The van der Waals surface area contributed by atoms with E-state index in [2.05, 4.69) is 10.1 Å². The molecule has 0 spiro atoms. The summed E-state index contributed by atoms with van der Waals surface area (Å²) in [5, 5.41) is 15.9. The van der Waals surface area contributed by atoms with Gasteiger partial charge in [-0.3, -0.25) is 4.90 Å². The van der Waals surface area contributed by atoms with E-state index >= 15 is 0 Å². The fourth-order valence-corrected chi connectivity index (χ4v) is 5.98. The Hall–Kier alpha value is -3.15. The number of aromatic nitrogens is 3. The van der Waals surface area contributed by atoms with E-state index in [1.54, 1.807) is 13.0 Å². The molecule has 0 amide bonds. The van der Waals surface area contributed by atoms with E-state index < -0.39 is 35.0 Å². The molecule has 4 aromatic rings. The zero-order chi connectivity index (χ0) is 26.4. The number of aliphatic hydroxyl groups is 1. The fraction of sp³-hybridized carbons (Fsp3) is 0.308. The fourth-order valence-electron chi connectivity index (χ4n) is 4.82. The Balaban J connectivity index is 1.45. The molecule has 0 bridgehead atoms. The Morgan fingerprint density at radius 1 is 1.11 bits per heavy atom. The third-order valence-corrected chi connectivity index (χ3v) is 8.16. The van der Waals surface area contributed by atoms with Crippen molar-refractivity contribution in [3.8, 4) is 10.4 Å². The number of nitrogens with zero attached hydrogens (tertiary/aromatic N) is 4. The van der Waals surface area contributed by atoms with E-state index in [0.717, 1.165) is 39.6 Å². The molecule has 5 nitrogen and oxygen atoms in total. The van der Waals surface area contributed by atoms with Crippen molar-refractivity contribution in [3.05, 3.63) is 94.4 Å². The third-order valence-electron chi connectivity index (χ3n) is 6.88. The maximum absolute atomic E-state index is 14.9. The van der Waals surface area contributed by atoms with Gasteiger partial charge in [0.1, 0.15) is 29.9 Å². The highest BCUT2D eigenvalue weighted by atomic mass is 32.1. The number of rotatable bonds is 6. The molecule has 0 fully saturated rings. The van der Waals surface area contributed by atoms with Crippen LogP contribution in [-0.2, 0) is 31.3 Å². The lowest BCUT2D eigenvalue weighted by atomic mass is 9.84. The molecule has 5 rings (SSSR count). The van der Waals surface area contributed by atoms with Crippen molar-refractivity contribution in [1.29, 1.82) is 0 Å². The average Bonchev–Trinajstić information content (AvgIpc) is 3.52. The molecule has 0 aliphatic carbocycles. The molecule has 2 atom stereocenters. The van der Waals surface area contributed by atoms with E-state index in [1.807, 2.05) is 11.0 Å². The van der Waals surface area contributed by atoms with Crippen LogP contribution in [0.1, 0.15) is 28.5 Å². The van der Waals surface area contributed by atoms with Crippen LogP contribution in [0.2, 0.25) is 0 Å². The van der Waals surface area contributed by atoms with E-state index in [9.17, 15) is 27.1 Å². The van der Waals surface area contributed by atoms with Gasteiger partial charge in [-0.05, 0) is 48.7 Å². The predicted octanol–water partition coefficient (Wildman–Crippen LogP) is 5.64. The van der Waals surface area contributed by atoms with Crippen molar-refractivity contribution < 1.29 is 27.1 Å². The van der Waals surface area contributed by atoms with Gasteiger partial charge >= 0.3 is 6.18 Å². The van der Waals surface area contributed by atoms with Crippen LogP contribution in [0, 0.1) is 11.6 Å². The molecule has 194 valence electrons. The van der Waals surface area contributed by atoms with Crippen LogP contribution >= 0.6 is 11.3 Å². The Bertz CT molecular complexity index is 1400. The molecule has 1 aliphatic heterocycles. The van der Waals surface area contributed by atoms with Gasteiger partial charge in [0.05, 0.1) is 12.1 Å². The molecule has 11 heteroatoms. The summed E-state index contributed by atoms with van der Waals surface area (Å²) in [5.74, 6) is -1.62. The monoisotopic (exact) mass is 534 g/mol. The molecule has 0 unspecified atom stereocenters. The SMILES string of the molecule is C[C@@H](N1CCc2sc(-c3cccc(C(F)(F)F)c3)cc2C1)[C@](O)(Cn1cncn1)c1ccc(F)cc1F. The van der Waals surface area contributed by atoms with E-state index in [4.69, 9.17) is 0 Å². The van der Waals surface area contributed by atoms with Crippen molar-refractivity contribution in [3.63, 3.8) is 0 Å². The van der Waals surface area contributed by atoms with Crippen LogP contribution in [0.5, 0.6) is 0 Å². The molecular weight excluding hydrogens is 511 g/mol. The van der Waals surface area contributed by atoms with Crippen molar-refractivity contribution in [1.82, 2.24) is 19.7 Å². The first-order chi connectivity index (χ1) is 17.5. The summed E-state index contributed by atoms with van der Waals surface area (Å²) < 4.78 is 69.6. The Labute approximate surface area is 213 Å². The maximum Gasteiger partial charge on any atom is 0.416 e. The number of thiophene rings is 1. The lowest BCUT2D eigenvalue weighted by molar-refractivity contribution is -0.137. The van der Waals surface area contributed by atoms with Gasteiger partial charge in [0.15, 0.2) is 0 Å². The van der Waals surface area contributed by atoms with E-state index in [0.29, 0.717) is 25.1 Å². The number of alkyl halides is 3. The predicted molar refractivity (Wildman–Crippen MR) is 129 cm³/mol. The van der Waals surface area contributed by atoms with Gasteiger partial charge in [-0.1, -0.05) is 18.2 Å². The number of benzene rings is 2. The van der Waals surface area contributed by atoms with Crippen LogP contribution < -0.4 is 0 Å². The maximum atomic E-state index is 14.9. The summed E-state index contributed by atoms with van der Waals surface area (Å²) in [4.78, 5) is 7.67. The molecule has 1 aliphatic rings. The molecule has 0 radical (unpaired) electrons. The van der Waals surface area contributed by atoms with Crippen molar-refractivity contribution in [2.45, 2.75) is 44.3 Å². The largest absolute Gasteiger partial charge is 0.416 e. The zero-order valence-electron chi connectivity index (χ0n) is 19.7.